The van der Waals surface area contributed by atoms with Gasteiger partial charge in [0.15, 0.2) is 5.11 Å². The van der Waals surface area contributed by atoms with Gasteiger partial charge < -0.3 is 14.8 Å². The van der Waals surface area contributed by atoms with E-state index in [0.717, 1.165) is 24.0 Å². The minimum Gasteiger partial charge on any atom is -0.333 e. The molecule has 0 fully saturated rings. The van der Waals surface area contributed by atoms with E-state index in [2.05, 4.69) is 71.1 Å². The molecular weight excluding hydrogens is 350 g/mol. The third-order valence-electron chi connectivity index (χ3n) is 6.08. The minimum absolute atomic E-state index is 0.577. The quantitative estimate of drug-likeness (QED) is 0.579. The molecule has 2 aliphatic rings. The molecule has 0 saturated carbocycles. The number of hydrogen-bond acceptors (Lipinski definition) is 1. The van der Waals surface area contributed by atoms with Gasteiger partial charge in [0.2, 0.25) is 0 Å². The first-order valence-corrected chi connectivity index (χ1v) is 10.3. The Kier molecular flexibility index (Phi) is 3.97. The van der Waals surface area contributed by atoms with Crippen LogP contribution in [0.5, 0.6) is 0 Å². The predicted molar refractivity (Wildman–Crippen MR) is 116 cm³/mol. The maximum absolute atomic E-state index is 5.79. The lowest BCUT2D eigenvalue weighted by molar-refractivity contribution is 0.263. The van der Waals surface area contributed by atoms with Crippen molar-refractivity contribution < 1.29 is 0 Å². The number of rotatable bonds is 1. The number of benzene rings is 2. The molecule has 0 amide bonds. The fraction of sp³-hybridized carbons (Fsp3) is 0.348. The molecule has 3 nitrogen and oxygen atoms in total. The number of hydrogen-bond donors (Lipinski definition) is 1. The average Bonchev–Trinajstić information content (AvgIpc) is 2.98. The lowest BCUT2D eigenvalue weighted by atomic mass is 9.85. The van der Waals surface area contributed by atoms with Crippen LogP contribution in [0.1, 0.15) is 41.1 Å². The molecule has 0 spiro atoms. The van der Waals surface area contributed by atoms with Gasteiger partial charge in [0.25, 0.3) is 0 Å². The smallest absolute Gasteiger partial charge is 0.174 e. The van der Waals surface area contributed by atoms with Gasteiger partial charge in [0, 0.05) is 29.2 Å². The van der Waals surface area contributed by atoms with E-state index in [-0.39, 0.29) is 0 Å². The lowest BCUT2D eigenvalue weighted by Crippen LogP contribution is -2.43. The molecule has 2 aromatic carbocycles. The molecule has 4 heteroatoms. The highest BCUT2D eigenvalue weighted by molar-refractivity contribution is 7.80. The standard InChI is InChI=1S/C23H25N3S/c1-15-6-9-18(10-7-15)24-23(27)25-13-17-4-3-5-19-20-12-16(2)8-11-21(20)26(14-25)22(17)19/h6-12,17H,3-5,13-14H2,1-2H3,(H,24,27). The number of nitrogens with one attached hydrogen (secondary N) is 1. The zero-order chi connectivity index (χ0) is 18.5. The van der Waals surface area contributed by atoms with Crippen LogP contribution in [0.2, 0.25) is 0 Å². The molecular formula is C23H25N3S. The molecule has 3 aromatic rings. The van der Waals surface area contributed by atoms with E-state index in [9.17, 15) is 0 Å². The molecule has 0 bridgehead atoms. The van der Waals surface area contributed by atoms with Crippen LogP contribution in [-0.4, -0.2) is 21.1 Å². The van der Waals surface area contributed by atoms with Crippen molar-refractivity contribution in [2.24, 2.45) is 0 Å². The SMILES string of the molecule is Cc1ccc(NC(=S)N2CC3CCCc4c3n(c3ccc(C)cc43)C2)cc1. The van der Waals surface area contributed by atoms with Gasteiger partial charge in [-0.05, 0) is 75.2 Å². The monoisotopic (exact) mass is 375 g/mol. The van der Waals surface area contributed by atoms with Crippen molar-refractivity contribution in [2.45, 2.75) is 45.7 Å². The first-order valence-electron chi connectivity index (χ1n) is 9.84. The molecule has 138 valence electrons. The lowest BCUT2D eigenvalue weighted by Gasteiger charge is -2.38. The molecule has 1 aromatic heterocycles. The maximum atomic E-state index is 5.79. The molecule has 1 unspecified atom stereocenters. The van der Waals surface area contributed by atoms with Crippen LogP contribution in [-0.2, 0) is 13.1 Å². The number of aryl methyl sites for hydroxylation is 3. The predicted octanol–water partition coefficient (Wildman–Crippen LogP) is 5.35. The highest BCUT2D eigenvalue weighted by Crippen LogP contribution is 2.41. The summed E-state index contributed by atoms with van der Waals surface area (Å²) in [6.07, 6.45) is 3.74. The Hall–Kier alpha value is -2.33. The molecule has 0 radical (unpaired) electrons. The highest BCUT2D eigenvalue weighted by Gasteiger charge is 2.33. The zero-order valence-corrected chi connectivity index (χ0v) is 16.8. The second-order valence-electron chi connectivity index (χ2n) is 8.06. The van der Waals surface area contributed by atoms with E-state index in [4.69, 9.17) is 12.2 Å². The Morgan fingerprint density at radius 3 is 2.67 bits per heavy atom. The maximum Gasteiger partial charge on any atom is 0.174 e. The van der Waals surface area contributed by atoms with Crippen molar-refractivity contribution in [1.29, 1.82) is 0 Å². The van der Waals surface area contributed by atoms with E-state index in [1.165, 1.54) is 41.3 Å². The molecule has 27 heavy (non-hydrogen) atoms. The van der Waals surface area contributed by atoms with Crippen molar-refractivity contribution in [3.63, 3.8) is 0 Å². The van der Waals surface area contributed by atoms with E-state index < -0.39 is 0 Å². The summed E-state index contributed by atoms with van der Waals surface area (Å²) in [6, 6.07) is 15.3. The third-order valence-corrected chi connectivity index (χ3v) is 6.44. The van der Waals surface area contributed by atoms with Crippen LogP contribution in [0.25, 0.3) is 10.9 Å². The van der Waals surface area contributed by atoms with Gasteiger partial charge in [0.05, 0.1) is 12.2 Å². The Balaban J connectivity index is 1.49. The molecule has 5 rings (SSSR count). The first-order chi connectivity index (χ1) is 13.1. The van der Waals surface area contributed by atoms with Gasteiger partial charge in [-0.2, -0.15) is 0 Å². The summed E-state index contributed by atoms with van der Waals surface area (Å²) in [6.45, 7) is 6.15. The van der Waals surface area contributed by atoms with Crippen molar-refractivity contribution in [3.8, 4) is 0 Å². The van der Waals surface area contributed by atoms with Crippen molar-refractivity contribution in [1.82, 2.24) is 9.47 Å². The van der Waals surface area contributed by atoms with Crippen LogP contribution in [0.4, 0.5) is 5.69 Å². The van der Waals surface area contributed by atoms with Gasteiger partial charge in [-0.25, -0.2) is 0 Å². The second-order valence-corrected chi connectivity index (χ2v) is 8.45. The van der Waals surface area contributed by atoms with Crippen LogP contribution >= 0.6 is 12.2 Å². The largest absolute Gasteiger partial charge is 0.333 e. The van der Waals surface area contributed by atoms with Crippen LogP contribution in [0, 0.1) is 13.8 Å². The Bertz CT molecular complexity index is 1030. The van der Waals surface area contributed by atoms with E-state index in [0.29, 0.717) is 5.92 Å². The van der Waals surface area contributed by atoms with Crippen molar-refractivity contribution in [3.05, 3.63) is 64.8 Å². The van der Waals surface area contributed by atoms with Crippen molar-refractivity contribution in [2.75, 3.05) is 11.9 Å². The Morgan fingerprint density at radius 2 is 1.85 bits per heavy atom. The Labute approximate surface area is 166 Å². The summed E-state index contributed by atoms with van der Waals surface area (Å²) < 4.78 is 2.51. The average molecular weight is 376 g/mol. The van der Waals surface area contributed by atoms with Crippen LogP contribution in [0.15, 0.2) is 42.5 Å². The first kappa shape index (κ1) is 16.8. The van der Waals surface area contributed by atoms with Crippen molar-refractivity contribution >= 4 is 33.9 Å². The molecule has 1 atom stereocenters. The fourth-order valence-corrected chi connectivity index (χ4v) is 5.01. The summed E-state index contributed by atoms with van der Waals surface area (Å²) in [4.78, 5) is 2.33. The normalized spacial score (nSPS) is 18.4. The van der Waals surface area contributed by atoms with Gasteiger partial charge in [-0.15, -0.1) is 0 Å². The van der Waals surface area contributed by atoms with E-state index in [1.807, 2.05) is 0 Å². The summed E-state index contributed by atoms with van der Waals surface area (Å²) >= 11 is 5.79. The van der Waals surface area contributed by atoms with Crippen LogP contribution < -0.4 is 5.32 Å². The number of thiocarbonyl (C=S) groups is 1. The van der Waals surface area contributed by atoms with Gasteiger partial charge in [-0.3, -0.25) is 0 Å². The molecule has 2 heterocycles. The van der Waals surface area contributed by atoms with E-state index in [1.54, 1.807) is 11.3 Å². The fourth-order valence-electron chi connectivity index (χ4n) is 4.76. The third kappa shape index (κ3) is 2.83. The second kappa shape index (κ2) is 6.38. The summed E-state index contributed by atoms with van der Waals surface area (Å²) in [7, 11) is 0. The number of fused-ring (bicyclic) bond motifs is 3. The molecule has 1 aliphatic heterocycles. The molecule has 1 aliphatic carbocycles. The number of anilines is 1. The summed E-state index contributed by atoms with van der Waals surface area (Å²) in [5.74, 6) is 0.577. The van der Waals surface area contributed by atoms with E-state index >= 15 is 0 Å². The minimum atomic E-state index is 0.577. The zero-order valence-electron chi connectivity index (χ0n) is 16.0. The Morgan fingerprint density at radius 1 is 1.07 bits per heavy atom. The number of aromatic nitrogens is 1. The van der Waals surface area contributed by atoms with Gasteiger partial charge >= 0.3 is 0 Å². The topological polar surface area (TPSA) is 20.2 Å². The van der Waals surface area contributed by atoms with Gasteiger partial charge in [0.1, 0.15) is 0 Å². The number of nitrogens with zero attached hydrogens (tertiary/aromatic N) is 2. The van der Waals surface area contributed by atoms with Crippen LogP contribution in [0.3, 0.4) is 0 Å². The summed E-state index contributed by atoms with van der Waals surface area (Å²) in [5.41, 5.74) is 8.18. The highest BCUT2D eigenvalue weighted by atomic mass is 32.1. The summed E-state index contributed by atoms with van der Waals surface area (Å²) in [5, 5.41) is 5.72. The molecule has 1 N–H and O–H groups in total. The molecule has 0 saturated heterocycles. The van der Waals surface area contributed by atoms with Gasteiger partial charge in [-0.1, -0.05) is 29.3 Å².